The first kappa shape index (κ1) is 15.7. The van der Waals surface area contributed by atoms with Gasteiger partial charge in [-0.3, -0.25) is 0 Å². The summed E-state index contributed by atoms with van der Waals surface area (Å²) in [5, 5.41) is 4.22. The van der Waals surface area contributed by atoms with Crippen LogP contribution in [0.15, 0.2) is 48.5 Å². The molecule has 1 N–H and O–H groups in total. The van der Waals surface area contributed by atoms with E-state index in [0.29, 0.717) is 12.5 Å². The molecule has 2 aromatic rings. The van der Waals surface area contributed by atoms with Crippen molar-refractivity contribution in [2.75, 3.05) is 18.5 Å². The van der Waals surface area contributed by atoms with Gasteiger partial charge >= 0.3 is 0 Å². The summed E-state index contributed by atoms with van der Waals surface area (Å²) >= 11 is 5.84. The lowest BCUT2D eigenvalue weighted by Crippen LogP contribution is -2.09. The van der Waals surface area contributed by atoms with Crippen molar-refractivity contribution in [2.45, 2.75) is 26.2 Å². The molecule has 0 saturated carbocycles. The fourth-order valence-electron chi connectivity index (χ4n) is 2.18. The van der Waals surface area contributed by atoms with Gasteiger partial charge in [-0.05, 0) is 48.2 Å². The molecule has 0 fully saturated rings. The highest BCUT2D eigenvalue weighted by Gasteiger charge is 2.04. The van der Waals surface area contributed by atoms with Crippen molar-refractivity contribution in [3.8, 4) is 5.75 Å². The molecule has 0 saturated heterocycles. The van der Waals surface area contributed by atoms with Gasteiger partial charge in [0.15, 0.2) is 0 Å². The molecule has 0 heterocycles. The summed E-state index contributed by atoms with van der Waals surface area (Å²) in [6.45, 7) is 6.02. The van der Waals surface area contributed by atoms with Crippen LogP contribution < -0.4 is 10.1 Å². The van der Waals surface area contributed by atoms with E-state index in [1.165, 1.54) is 11.3 Å². The van der Waals surface area contributed by atoms with E-state index in [2.05, 4.69) is 43.4 Å². The van der Waals surface area contributed by atoms with Crippen LogP contribution in [0.2, 0.25) is 5.02 Å². The molecule has 2 rings (SSSR count). The van der Waals surface area contributed by atoms with Gasteiger partial charge in [0, 0.05) is 17.3 Å². The van der Waals surface area contributed by atoms with Gasteiger partial charge in [-0.1, -0.05) is 43.6 Å². The number of para-hydroxylation sites is 1. The predicted molar refractivity (Wildman–Crippen MR) is 90.6 cm³/mol. The number of rotatable bonds is 7. The highest BCUT2D eigenvalue weighted by atomic mass is 35.5. The van der Waals surface area contributed by atoms with Crippen LogP contribution in [0.4, 0.5) is 5.69 Å². The van der Waals surface area contributed by atoms with Crippen LogP contribution in [-0.4, -0.2) is 13.2 Å². The number of ether oxygens (including phenoxy) is 1. The van der Waals surface area contributed by atoms with Crippen molar-refractivity contribution in [1.82, 2.24) is 0 Å². The molecule has 0 aliphatic heterocycles. The quantitative estimate of drug-likeness (QED) is 0.697. The van der Waals surface area contributed by atoms with Gasteiger partial charge in [0.05, 0.1) is 6.61 Å². The Morgan fingerprint density at radius 1 is 1.05 bits per heavy atom. The summed E-state index contributed by atoms with van der Waals surface area (Å²) in [6.07, 6.45) is 0.953. The molecule has 0 unspecified atom stereocenters. The van der Waals surface area contributed by atoms with Gasteiger partial charge in [-0.15, -0.1) is 0 Å². The smallest absolute Gasteiger partial charge is 0.119 e. The number of anilines is 1. The Morgan fingerprint density at radius 2 is 1.76 bits per heavy atom. The Balaban J connectivity index is 1.74. The fraction of sp³-hybridized carbons (Fsp3) is 0.333. The molecule has 3 heteroatoms. The minimum Gasteiger partial charge on any atom is -0.494 e. The number of hydrogen-bond acceptors (Lipinski definition) is 2. The first-order chi connectivity index (χ1) is 10.2. The van der Waals surface area contributed by atoms with Gasteiger partial charge in [0.2, 0.25) is 0 Å². The zero-order chi connectivity index (χ0) is 15.1. The molecular formula is C18H22ClNO. The molecule has 2 nitrogen and oxygen atoms in total. The summed E-state index contributed by atoms with van der Waals surface area (Å²) in [5.41, 5.74) is 2.58. The van der Waals surface area contributed by atoms with E-state index in [4.69, 9.17) is 16.3 Å². The summed E-state index contributed by atoms with van der Waals surface area (Å²) in [5.74, 6) is 1.39. The molecule has 0 spiro atoms. The van der Waals surface area contributed by atoms with Crippen LogP contribution in [0.1, 0.15) is 31.7 Å². The Kier molecular flexibility index (Phi) is 5.94. The predicted octanol–water partition coefficient (Wildman–Crippen LogP) is 5.34. The lowest BCUT2D eigenvalue weighted by atomic mass is 10.0. The minimum absolute atomic E-state index is 0.527. The maximum atomic E-state index is 5.84. The van der Waals surface area contributed by atoms with Crippen LogP contribution in [-0.2, 0) is 0 Å². The molecule has 0 bridgehead atoms. The summed E-state index contributed by atoms with van der Waals surface area (Å²) < 4.78 is 5.68. The van der Waals surface area contributed by atoms with Gasteiger partial charge in [-0.25, -0.2) is 0 Å². The molecule has 0 radical (unpaired) electrons. The molecule has 0 amide bonds. The van der Waals surface area contributed by atoms with Gasteiger partial charge in [0.25, 0.3) is 0 Å². The summed E-state index contributed by atoms with van der Waals surface area (Å²) in [6, 6.07) is 15.9. The third-order valence-electron chi connectivity index (χ3n) is 3.30. The third kappa shape index (κ3) is 4.98. The van der Waals surface area contributed by atoms with Gasteiger partial charge in [-0.2, -0.15) is 0 Å². The van der Waals surface area contributed by atoms with Crippen molar-refractivity contribution in [3.63, 3.8) is 0 Å². The van der Waals surface area contributed by atoms with Crippen LogP contribution in [0.25, 0.3) is 0 Å². The largest absolute Gasteiger partial charge is 0.494 e. The van der Waals surface area contributed by atoms with Gasteiger partial charge < -0.3 is 10.1 Å². The van der Waals surface area contributed by atoms with Crippen LogP contribution in [0.3, 0.4) is 0 Å². The second-order valence-corrected chi connectivity index (χ2v) is 5.76. The fourth-order valence-corrected chi connectivity index (χ4v) is 2.30. The summed E-state index contributed by atoms with van der Waals surface area (Å²) in [4.78, 5) is 0. The molecule has 0 aliphatic carbocycles. The number of nitrogens with one attached hydrogen (secondary N) is 1. The number of benzene rings is 2. The van der Waals surface area contributed by atoms with Crippen LogP contribution in [0.5, 0.6) is 5.75 Å². The van der Waals surface area contributed by atoms with E-state index < -0.39 is 0 Å². The van der Waals surface area contributed by atoms with Crippen molar-refractivity contribution >= 4 is 17.3 Å². The highest BCUT2D eigenvalue weighted by molar-refractivity contribution is 6.30. The van der Waals surface area contributed by atoms with Gasteiger partial charge in [0.1, 0.15) is 5.75 Å². The van der Waals surface area contributed by atoms with E-state index in [1.807, 2.05) is 24.3 Å². The standard InChI is InChI=1S/C18H22ClNO/c1-14(2)17-6-3-4-7-18(17)20-12-5-13-21-16-10-8-15(19)9-11-16/h3-4,6-11,14,20H,5,12-13H2,1-2H3. The van der Waals surface area contributed by atoms with Crippen LogP contribution in [0, 0.1) is 0 Å². The molecule has 0 aromatic heterocycles. The second kappa shape index (κ2) is 7.94. The van der Waals surface area contributed by atoms with Crippen molar-refractivity contribution in [1.29, 1.82) is 0 Å². The lowest BCUT2D eigenvalue weighted by molar-refractivity contribution is 0.315. The number of halogens is 1. The molecule has 0 atom stereocenters. The Morgan fingerprint density at radius 3 is 2.48 bits per heavy atom. The SMILES string of the molecule is CC(C)c1ccccc1NCCCOc1ccc(Cl)cc1. The first-order valence-electron chi connectivity index (χ1n) is 7.38. The molecule has 2 aromatic carbocycles. The average Bonchev–Trinajstić information content (AvgIpc) is 2.49. The van der Waals surface area contributed by atoms with Crippen molar-refractivity contribution in [2.24, 2.45) is 0 Å². The molecular weight excluding hydrogens is 282 g/mol. The van der Waals surface area contributed by atoms with E-state index in [9.17, 15) is 0 Å². The average molecular weight is 304 g/mol. The topological polar surface area (TPSA) is 21.3 Å². The zero-order valence-electron chi connectivity index (χ0n) is 12.6. The third-order valence-corrected chi connectivity index (χ3v) is 3.55. The first-order valence-corrected chi connectivity index (χ1v) is 7.76. The Hall–Kier alpha value is -1.67. The van der Waals surface area contributed by atoms with Crippen molar-refractivity contribution < 1.29 is 4.74 Å². The maximum absolute atomic E-state index is 5.84. The minimum atomic E-state index is 0.527. The molecule has 0 aliphatic rings. The Bertz CT molecular complexity index is 551. The zero-order valence-corrected chi connectivity index (χ0v) is 13.4. The second-order valence-electron chi connectivity index (χ2n) is 5.32. The van der Waals surface area contributed by atoms with E-state index in [1.54, 1.807) is 0 Å². The van der Waals surface area contributed by atoms with Crippen LogP contribution >= 0.6 is 11.6 Å². The normalized spacial score (nSPS) is 10.7. The highest BCUT2D eigenvalue weighted by Crippen LogP contribution is 2.23. The van der Waals surface area contributed by atoms with E-state index in [0.717, 1.165) is 23.7 Å². The monoisotopic (exact) mass is 303 g/mol. The molecule has 112 valence electrons. The summed E-state index contributed by atoms with van der Waals surface area (Å²) in [7, 11) is 0. The maximum Gasteiger partial charge on any atom is 0.119 e. The number of hydrogen-bond donors (Lipinski definition) is 1. The molecule has 21 heavy (non-hydrogen) atoms. The Labute approximate surface area is 132 Å². The van der Waals surface area contributed by atoms with E-state index >= 15 is 0 Å². The van der Waals surface area contributed by atoms with Crippen molar-refractivity contribution in [3.05, 3.63) is 59.1 Å². The van der Waals surface area contributed by atoms with E-state index in [-0.39, 0.29) is 0 Å². The lowest BCUT2D eigenvalue weighted by Gasteiger charge is -2.14.